The van der Waals surface area contributed by atoms with Crippen LogP contribution < -0.4 is 0 Å². The molecule has 0 saturated carbocycles. The van der Waals surface area contributed by atoms with Crippen molar-refractivity contribution in [1.82, 2.24) is 4.90 Å². The Bertz CT molecular complexity index is 957. The third kappa shape index (κ3) is 3.35. The van der Waals surface area contributed by atoms with Gasteiger partial charge in [-0.25, -0.2) is 0 Å². The normalized spacial score (nSPS) is 21.7. The standard InChI is InChI=1S/C24H21NO3/c26-22(19-14-8-3-9-15-19)21-20(18-12-6-2-7-13-18)23(27)24(28)25(21)16-17-10-4-1-5-11-17/h1-15,20-21,23,27H,16H2/t20-,21-,23+/m1/s1. The number of hydrogen-bond donors (Lipinski definition) is 1. The fourth-order valence-electron chi connectivity index (χ4n) is 3.90. The van der Waals surface area contributed by atoms with E-state index in [1.165, 1.54) is 4.90 Å². The van der Waals surface area contributed by atoms with Crippen molar-refractivity contribution in [3.63, 3.8) is 0 Å². The number of likely N-dealkylation sites (tertiary alicyclic amines) is 1. The predicted molar refractivity (Wildman–Crippen MR) is 107 cm³/mol. The fourth-order valence-corrected chi connectivity index (χ4v) is 3.90. The van der Waals surface area contributed by atoms with E-state index in [0.29, 0.717) is 5.56 Å². The van der Waals surface area contributed by atoms with Crippen LogP contribution in [0.3, 0.4) is 0 Å². The van der Waals surface area contributed by atoms with Crippen LogP contribution in [0.15, 0.2) is 91.0 Å². The fraction of sp³-hybridized carbons (Fsp3) is 0.167. The molecule has 4 nitrogen and oxygen atoms in total. The van der Waals surface area contributed by atoms with Gasteiger partial charge in [0.25, 0.3) is 5.91 Å². The van der Waals surface area contributed by atoms with Gasteiger partial charge in [0.1, 0.15) is 12.1 Å². The average molecular weight is 371 g/mol. The number of aliphatic hydroxyl groups is 1. The van der Waals surface area contributed by atoms with Crippen LogP contribution >= 0.6 is 0 Å². The lowest BCUT2D eigenvalue weighted by atomic mass is 9.85. The summed E-state index contributed by atoms with van der Waals surface area (Å²) in [5, 5.41) is 10.8. The maximum Gasteiger partial charge on any atom is 0.253 e. The molecule has 0 bridgehead atoms. The maximum absolute atomic E-state index is 13.4. The molecule has 0 radical (unpaired) electrons. The molecule has 1 amide bonds. The number of nitrogens with zero attached hydrogens (tertiary/aromatic N) is 1. The monoisotopic (exact) mass is 371 g/mol. The van der Waals surface area contributed by atoms with Gasteiger partial charge in [-0.15, -0.1) is 0 Å². The molecule has 1 aliphatic heterocycles. The Labute approximate surface area is 164 Å². The highest BCUT2D eigenvalue weighted by atomic mass is 16.3. The van der Waals surface area contributed by atoms with Crippen LogP contribution in [-0.2, 0) is 11.3 Å². The average Bonchev–Trinajstić information content (AvgIpc) is 3.00. The van der Waals surface area contributed by atoms with Crippen molar-refractivity contribution in [3.05, 3.63) is 108 Å². The van der Waals surface area contributed by atoms with Crippen LogP contribution in [0.4, 0.5) is 0 Å². The largest absolute Gasteiger partial charge is 0.383 e. The summed E-state index contributed by atoms with van der Waals surface area (Å²) in [6.45, 7) is 0.281. The Hall–Kier alpha value is -3.24. The van der Waals surface area contributed by atoms with Gasteiger partial charge >= 0.3 is 0 Å². The van der Waals surface area contributed by atoms with Gasteiger partial charge < -0.3 is 10.0 Å². The molecule has 0 spiro atoms. The number of carbonyl (C=O) groups excluding carboxylic acids is 2. The lowest BCUT2D eigenvalue weighted by Gasteiger charge is -2.27. The molecule has 4 heteroatoms. The third-order valence-electron chi connectivity index (χ3n) is 5.26. The number of benzene rings is 3. The smallest absolute Gasteiger partial charge is 0.253 e. The van der Waals surface area contributed by atoms with E-state index in [0.717, 1.165) is 11.1 Å². The van der Waals surface area contributed by atoms with Crippen LogP contribution in [0.2, 0.25) is 0 Å². The van der Waals surface area contributed by atoms with E-state index in [1.807, 2.05) is 66.7 Å². The van der Waals surface area contributed by atoms with Crippen LogP contribution in [-0.4, -0.2) is 33.8 Å². The maximum atomic E-state index is 13.4. The Morgan fingerprint density at radius 1 is 0.821 bits per heavy atom. The van der Waals surface area contributed by atoms with Gasteiger partial charge in [0.2, 0.25) is 0 Å². The molecule has 0 aromatic heterocycles. The van der Waals surface area contributed by atoms with Gasteiger partial charge in [-0.2, -0.15) is 0 Å². The first-order valence-corrected chi connectivity index (χ1v) is 9.33. The molecular weight excluding hydrogens is 350 g/mol. The zero-order valence-corrected chi connectivity index (χ0v) is 15.3. The Morgan fingerprint density at radius 3 is 1.96 bits per heavy atom. The molecule has 1 heterocycles. The molecule has 1 aliphatic rings. The summed E-state index contributed by atoms with van der Waals surface area (Å²) >= 11 is 0. The number of carbonyl (C=O) groups is 2. The van der Waals surface area contributed by atoms with Gasteiger partial charge in [0.05, 0.1) is 0 Å². The zero-order valence-electron chi connectivity index (χ0n) is 15.3. The minimum atomic E-state index is -1.25. The van der Waals surface area contributed by atoms with Crippen LogP contribution in [0.1, 0.15) is 27.4 Å². The summed E-state index contributed by atoms with van der Waals surface area (Å²) in [6.07, 6.45) is -1.25. The second-order valence-electron chi connectivity index (χ2n) is 7.01. The van der Waals surface area contributed by atoms with Gasteiger partial charge in [0.15, 0.2) is 5.78 Å². The van der Waals surface area contributed by atoms with E-state index in [-0.39, 0.29) is 12.3 Å². The molecule has 28 heavy (non-hydrogen) atoms. The molecule has 3 atom stereocenters. The van der Waals surface area contributed by atoms with Crippen LogP contribution in [0, 0.1) is 0 Å². The Kier molecular flexibility index (Phi) is 5.04. The number of rotatable bonds is 5. The van der Waals surface area contributed by atoms with E-state index in [4.69, 9.17) is 0 Å². The number of ketones is 1. The van der Waals surface area contributed by atoms with E-state index < -0.39 is 24.0 Å². The quantitative estimate of drug-likeness (QED) is 0.699. The third-order valence-corrected chi connectivity index (χ3v) is 5.26. The SMILES string of the molecule is O=C(c1ccccc1)[C@H]1[C@@H](c2ccccc2)[C@H](O)C(=O)N1Cc1ccccc1. The van der Waals surface area contributed by atoms with Crippen LogP contribution in [0.25, 0.3) is 0 Å². The lowest BCUT2D eigenvalue weighted by molar-refractivity contribution is -0.135. The molecule has 1 fully saturated rings. The molecule has 1 N–H and O–H groups in total. The molecular formula is C24H21NO3. The van der Waals surface area contributed by atoms with Crippen molar-refractivity contribution in [2.24, 2.45) is 0 Å². The summed E-state index contributed by atoms with van der Waals surface area (Å²) in [5.74, 6) is -1.17. The summed E-state index contributed by atoms with van der Waals surface area (Å²) in [6, 6.07) is 27.0. The van der Waals surface area contributed by atoms with Gasteiger partial charge in [0, 0.05) is 18.0 Å². The van der Waals surface area contributed by atoms with Gasteiger partial charge in [-0.3, -0.25) is 9.59 Å². The first kappa shape index (κ1) is 18.1. The van der Waals surface area contributed by atoms with E-state index in [2.05, 4.69) is 0 Å². The summed E-state index contributed by atoms with van der Waals surface area (Å²) in [5.41, 5.74) is 2.24. The molecule has 1 saturated heterocycles. The van der Waals surface area contributed by atoms with Crippen molar-refractivity contribution in [2.45, 2.75) is 24.6 Å². The van der Waals surface area contributed by atoms with E-state index in [9.17, 15) is 14.7 Å². The predicted octanol–water partition coefficient (Wildman–Crippen LogP) is 3.43. The van der Waals surface area contributed by atoms with Crippen molar-refractivity contribution < 1.29 is 14.7 Å². The second-order valence-corrected chi connectivity index (χ2v) is 7.01. The van der Waals surface area contributed by atoms with Crippen molar-refractivity contribution in [2.75, 3.05) is 0 Å². The van der Waals surface area contributed by atoms with Gasteiger partial charge in [-0.05, 0) is 11.1 Å². The molecule has 3 aromatic rings. The summed E-state index contributed by atoms with van der Waals surface area (Å²) in [4.78, 5) is 27.9. The first-order chi connectivity index (χ1) is 13.7. The van der Waals surface area contributed by atoms with E-state index >= 15 is 0 Å². The minimum absolute atomic E-state index is 0.157. The summed E-state index contributed by atoms with van der Waals surface area (Å²) < 4.78 is 0. The second kappa shape index (κ2) is 7.79. The first-order valence-electron chi connectivity index (χ1n) is 9.33. The minimum Gasteiger partial charge on any atom is -0.383 e. The molecule has 140 valence electrons. The highest BCUT2D eigenvalue weighted by Gasteiger charge is 2.51. The van der Waals surface area contributed by atoms with Crippen molar-refractivity contribution in [3.8, 4) is 0 Å². The van der Waals surface area contributed by atoms with Crippen molar-refractivity contribution in [1.29, 1.82) is 0 Å². The molecule has 4 rings (SSSR count). The molecule has 3 aromatic carbocycles. The highest BCUT2D eigenvalue weighted by Crippen LogP contribution is 2.37. The lowest BCUT2D eigenvalue weighted by Crippen LogP contribution is -2.40. The number of aliphatic hydroxyl groups excluding tert-OH is 1. The number of amides is 1. The van der Waals surface area contributed by atoms with Gasteiger partial charge in [-0.1, -0.05) is 91.0 Å². The topological polar surface area (TPSA) is 57.6 Å². The Morgan fingerprint density at radius 2 is 1.36 bits per heavy atom. The number of Topliss-reactive ketones (excluding diaryl/α,β-unsaturated/α-hetero) is 1. The highest BCUT2D eigenvalue weighted by molar-refractivity contribution is 6.05. The van der Waals surface area contributed by atoms with Crippen molar-refractivity contribution >= 4 is 11.7 Å². The van der Waals surface area contributed by atoms with Crippen LogP contribution in [0.5, 0.6) is 0 Å². The number of hydrogen-bond acceptors (Lipinski definition) is 3. The Balaban J connectivity index is 1.77. The zero-order chi connectivity index (χ0) is 19.5. The molecule has 0 aliphatic carbocycles. The molecule has 0 unspecified atom stereocenters. The van der Waals surface area contributed by atoms with E-state index in [1.54, 1.807) is 24.3 Å². The summed E-state index contributed by atoms with van der Waals surface area (Å²) in [7, 11) is 0.